The zero-order valence-corrected chi connectivity index (χ0v) is 36.8. The molecule has 4 N–H and O–H groups in total. The van der Waals surface area contributed by atoms with Gasteiger partial charge in [0.15, 0.2) is 0 Å². The monoisotopic (exact) mass is 799 g/mol. The van der Waals surface area contributed by atoms with E-state index in [1.807, 2.05) is 4.90 Å². The Kier molecular flexibility index (Phi) is 40.1. The molecule has 0 aromatic rings. The summed E-state index contributed by atoms with van der Waals surface area (Å²) >= 11 is 0. The normalized spacial score (nSPS) is 13.1. The van der Waals surface area contributed by atoms with Crippen LogP contribution >= 0.6 is 0 Å². The Balaban J connectivity index is 4.37. The molecule has 0 aliphatic heterocycles. The molecule has 3 unspecified atom stereocenters. The van der Waals surface area contributed by atoms with Crippen molar-refractivity contribution in [3.05, 3.63) is 0 Å². The van der Waals surface area contributed by atoms with Gasteiger partial charge in [-0.2, -0.15) is 0 Å². The van der Waals surface area contributed by atoms with Gasteiger partial charge in [0.1, 0.15) is 31.5 Å². The van der Waals surface area contributed by atoms with E-state index in [9.17, 15) is 24.6 Å². The van der Waals surface area contributed by atoms with Crippen LogP contribution in [0.5, 0.6) is 0 Å². The van der Waals surface area contributed by atoms with E-state index in [4.69, 9.17) is 19.9 Å². The van der Waals surface area contributed by atoms with Gasteiger partial charge < -0.3 is 30.2 Å². The van der Waals surface area contributed by atoms with Crippen LogP contribution in [-0.4, -0.2) is 90.7 Å². The van der Waals surface area contributed by atoms with Crippen molar-refractivity contribution >= 4 is 17.9 Å². The first-order valence-electron chi connectivity index (χ1n) is 23.5. The second-order valence-electron chi connectivity index (χ2n) is 16.3. The van der Waals surface area contributed by atoms with Gasteiger partial charge in [0, 0.05) is 25.9 Å². The number of esters is 3. The third-order valence-electron chi connectivity index (χ3n) is 10.6. The summed E-state index contributed by atoms with van der Waals surface area (Å²) in [4.78, 5) is 38.5. The summed E-state index contributed by atoms with van der Waals surface area (Å²) in [6.45, 7) is 7.17. The van der Waals surface area contributed by atoms with Crippen molar-refractivity contribution in [2.45, 2.75) is 238 Å². The minimum absolute atomic E-state index is 0.119. The molecule has 0 spiro atoms. The number of hydrogen-bond donors (Lipinski definition) is 3. The van der Waals surface area contributed by atoms with Crippen molar-refractivity contribution in [1.82, 2.24) is 4.90 Å². The minimum atomic E-state index is -0.933. The topological polar surface area (TPSA) is 149 Å². The van der Waals surface area contributed by atoms with Crippen LogP contribution in [0, 0.1) is 0 Å². The first-order chi connectivity index (χ1) is 27.2. The number of carbonyl (C=O) groups is 3. The van der Waals surface area contributed by atoms with Crippen molar-refractivity contribution in [1.29, 1.82) is 0 Å². The molecule has 10 nitrogen and oxygen atoms in total. The van der Waals surface area contributed by atoms with Crippen molar-refractivity contribution < 1.29 is 38.8 Å². The van der Waals surface area contributed by atoms with E-state index >= 15 is 0 Å². The molecule has 0 amide bonds. The van der Waals surface area contributed by atoms with Crippen LogP contribution in [0.15, 0.2) is 0 Å². The Morgan fingerprint density at radius 3 is 1.16 bits per heavy atom. The molecule has 0 heterocycles. The maximum atomic E-state index is 12.4. The number of carbonyl (C=O) groups excluding carboxylic acids is 3. The lowest BCUT2D eigenvalue weighted by Crippen LogP contribution is -2.42. The molecule has 0 aromatic carbocycles. The quantitative estimate of drug-likeness (QED) is 0.0309. The first kappa shape index (κ1) is 54.2. The smallest absolute Gasteiger partial charge is 0.322 e. The molecule has 0 saturated heterocycles. The molecule has 0 rings (SSSR count). The molecule has 3 atom stereocenters. The number of rotatable bonds is 43. The lowest BCUT2D eigenvalue weighted by atomic mass is 10.0. The van der Waals surface area contributed by atoms with E-state index in [1.165, 1.54) is 128 Å². The second-order valence-corrected chi connectivity index (χ2v) is 16.3. The van der Waals surface area contributed by atoms with Crippen LogP contribution in [0.2, 0.25) is 0 Å². The van der Waals surface area contributed by atoms with Crippen LogP contribution in [0.1, 0.15) is 220 Å². The number of ether oxygens (including phenoxy) is 3. The Morgan fingerprint density at radius 2 is 0.821 bits per heavy atom. The molecular formula is C46H90N2O8. The molecular weight excluding hydrogens is 709 g/mol. The number of unbranched alkanes of at least 4 members (excludes halogenated alkanes) is 25. The number of nitrogens with two attached hydrogens (primary N) is 1. The number of aliphatic hydroxyl groups excluding tert-OH is 2. The average Bonchev–Trinajstić information content (AvgIpc) is 3.18. The van der Waals surface area contributed by atoms with Crippen molar-refractivity contribution in [3.63, 3.8) is 0 Å². The zero-order valence-electron chi connectivity index (χ0n) is 36.8. The van der Waals surface area contributed by atoms with Gasteiger partial charge in [0.25, 0.3) is 0 Å². The van der Waals surface area contributed by atoms with Crippen LogP contribution < -0.4 is 5.73 Å². The molecule has 10 heteroatoms. The zero-order chi connectivity index (χ0) is 41.3. The van der Waals surface area contributed by atoms with E-state index in [0.29, 0.717) is 38.6 Å². The maximum Gasteiger partial charge on any atom is 0.322 e. The minimum Gasteiger partial charge on any atom is -0.465 e. The predicted octanol–water partition coefficient (Wildman–Crippen LogP) is 10.1. The lowest BCUT2D eigenvalue weighted by Gasteiger charge is -2.27. The van der Waals surface area contributed by atoms with E-state index in [1.54, 1.807) is 6.92 Å². The van der Waals surface area contributed by atoms with Crippen molar-refractivity contribution in [2.24, 2.45) is 5.73 Å². The highest BCUT2D eigenvalue weighted by molar-refractivity contribution is 5.75. The van der Waals surface area contributed by atoms with Crippen LogP contribution in [0.25, 0.3) is 0 Å². The predicted molar refractivity (Wildman–Crippen MR) is 229 cm³/mol. The van der Waals surface area contributed by atoms with Gasteiger partial charge in [0.05, 0.1) is 6.61 Å². The largest absolute Gasteiger partial charge is 0.465 e. The highest BCUT2D eigenvalue weighted by Crippen LogP contribution is 2.15. The summed E-state index contributed by atoms with van der Waals surface area (Å²) in [7, 11) is 0. The first-order valence-corrected chi connectivity index (χ1v) is 23.5. The van der Waals surface area contributed by atoms with Crippen molar-refractivity contribution in [2.75, 3.05) is 39.5 Å². The standard InChI is InChI=1S/C46H90N2O8/c1-4-7-9-11-13-15-17-19-21-23-25-27-29-34-44(51)55-39-41(49)37-48(36-32-31-33-43(47)46(53)54-6-3)38-42(50)40-56-45(52)35-30-28-26-24-22-20-18-16-14-12-10-8-5-2/h41-43,49-50H,4-40,47H2,1-3H3. The fraction of sp³-hybridized carbons (Fsp3) is 0.935. The number of aliphatic hydroxyl groups is 2. The van der Waals surface area contributed by atoms with Gasteiger partial charge in [-0.05, 0) is 39.2 Å². The van der Waals surface area contributed by atoms with Gasteiger partial charge in [-0.1, -0.05) is 174 Å². The van der Waals surface area contributed by atoms with Crippen molar-refractivity contribution in [3.8, 4) is 0 Å². The highest BCUT2D eigenvalue weighted by atomic mass is 16.5. The maximum absolute atomic E-state index is 12.4. The van der Waals surface area contributed by atoms with E-state index < -0.39 is 24.2 Å². The summed E-state index contributed by atoms with van der Waals surface area (Å²) in [5.74, 6) is -1.03. The molecule has 0 radical (unpaired) electrons. The van der Waals surface area contributed by atoms with E-state index in [-0.39, 0.29) is 44.8 Å². The summed E-state index contributed by atoms with van der Waals surface area (Å²) in [5.41, 5.74) is 5.95. The highest BCUT2D eigenvalue weighted by Gasteiger charge is 2.20. The molecule has 0 aliphatic rings. The Labute approximate surface area is 344 Å². The summed E-state index contributed by atoms with van der Waals surface area (Å²) in [6, 6.07) is -0.691. The van der Waals surface area contributed by atoms with Gasteiger partial charge in [-0.25, -0.2) is 0 Å². The number of hydrogen-bond acceptors (Lipinski definition) is 10. The molecule has 56 heavy (non-hydrogen) atoms. The molecule has 332 valence electrons. The summed E-state index contributed by atoms with van der Waals surface area (Å²) in [5, 5.41) is 21.5. The van der Waals surface area contributed by atoms with Gasteiger partial charge in [0.2, 0.25) is 0 Å². The molecule has 0 bridgehead atoms. The van der Waals surface area contributed by atoms with Crippen LogP contribution in [0.4, 0.5) is 0 Å². The SMILES string of the molecule is CCCCCCCCCCCCCCCC(=O)OCC(O)CN(CCCCC(N)C(=O)OCC)CC(O)COC(=O)CCCCCCCCCCCCCCC. The molecule has 0 fully saturated rings. The van der Waals surface area contributed by atoms with Crippen LogP contribution in [-0.2, 0) is 28.6 Å². The molecule has 0 saturated carbocycles. The van der Waals surface area contributed by atoms with E-state index in [0.717, 1.165) is 38.5 Å². The third kappa shape index (κ3) is 37.8. The van der Waals surface area contributed by atoms with Gasteiger partial charge >= 0.3 is 17.9 Å². The van der Waals surface area contributed by atoms with Gasteiger partial charge in [-0.3, -0.25) is 19.3 Å². The Morgan fingerprint density at radius 1 is 0.482 bits per heavy atom. The second kappa shape index (κ2) is 41.4. The van der Waals surface area contributed by atoms with E-state index in [2.05, 4.69) is 13.8 Å². The molecule has 0 aliphatic carbocycles. The Bertz CT molecular complexity index is 837. The summed E-state index contributed by atoms with van der Waals surface area (Å²) in [6.07, 6.45) is 32.9. The Hall–Kier alpha value is -1.75. The third-order valence-corrected chi connectivity index (χ3v) is 10.6. The summed E-state index contributed by atoms with van der Waals surface area (Å²) < 4.78 is 15.8. The molecule has 0 aromatic heterocycles. The number of nitrogens with zero attached hydrogens (tertiary/aromatic N) is 1. The lowest BCUT2D eigenvalue weighted by molar-refractivity contribution is -0.148. The fourth-order valence-corrected chi connectivity index (χ4v) is 7.12. The van der Waals surface area contributed by atoms with Crippen LogP contribution in [0.3, 0.4) is 0 Å². The fourth-order valence-electron chi connectivity index (χ4n) is 7.12. The average molecular weight is 799 g/mol. The van der Waals surface area contributed by atoms with Gasteiger partial charge in [-0.15, -0.1) is 0 Å².